The van der Waals surface area contributed by atoms with E-state index in [-0.39, 0.29) is 0 Å². The van der Waals surface area contributed by atoms with Crippen LogP contribution in [0, 0.1) is 0 Å². The molecule has 0 spiro atoms. The second kappa shape index (κ2) is 7.52. The fourth-order valence-corrected chi connectivity index (χ4v) is 2.37. The molecule has 0 bridgehead atoms. The van der Waals surface area contributed by atoms with E-state index in [4.69, 9.17) is 11.6 Å². The largest absolute Gasteiger partial charge is 0.383 e. The van der Waals surface area contributed by atoms with Crippen LogP contribution in [-0.4, -0.2) is 20.1 Å². The highest BCUT2D eigenvalue weighted by atomic mass is 35.5. The molecule has 0 amide bonds. The van der Waals surface area contributed by atoms with Gasteiger partial charge in [-0.15, -0.1) is 0 Å². The maximum absolute atomic E-state index is 6.25. The molecule has 0 heterocycles. The van der Waals surface area contributed by atoms with Crippen LogP contribution >= 0.6 is 11.6 Å². The molecule has 0 aromatic heterocycles. The van der Waals surface area contributed by atoms with E-state index in [0.717, 1.165) is 16.4 Å². The van der Waals surface area contributed by atoms with E-state index in [9.17, 15) is 0 Å². The van der Waals surface area contributed by atoms with Crippen molar-refractivity contribution < 1.29 is 0 Å². The van der Waals surface area contributed by atoms with Gasteiger partial charge in [0.2, 0.25) is 0 Å². The Morgan fingerprint density at radius 1 is 1.28 bits per heavy atom. The van der Waals surface area contributed by atoms with Gasteiger partial charge in [0, 0.05) is 25.8 Å². The van der Waals surface area contributed by atoms with Gasteiger partial charge in [-0.2, -0.15) is 0 Å². The quantitative estimate of drug-likeness (QED) is 0.716. The smallest absolute Gasteiger partial charge is 0.0659 e. The van der Waals surface area contributed by atoms with Gasteiger partial charge in [-0.3, -0.25) is 0 Å². The minimum atomic E-state index is 0.498. The number of halogens is 1. The molecule has 102 valence electrons. The summed E-state index contributed by atoms with van der Waals surface area (Å²) in [4.78, 5) is 2.02. The Bertz CT molecular complexity index is 364. The Morgan fingerprint density at radius 2 is 2.00 bits per heavy atom. The van der Waals surface area contributed by atoms with Crippen LogP contribution in [0.5, 0.6) is 0 Å². The summed E-state index contributed by atoms with van der Waals surface area (Å²) in [6.07, 6.45) is 5.08. The predicted molar refractivity (Wildman–Crippen MR) is 83.0 cm³/mol. The van der Waals surface area contributed by atoms with E-state index in [0.29, 0.717) is 6.04 Å². The molecule has 1 aromatic rings. The van der Waals surface area contributed by atoms with Gasteiger partial charge in [0.1, 0.15) is 0 Å². The van der Waals surface area contributed by atoms with Gasteiger partial charge in [0.05, 0.1) is 10.7 Å². The van der Waals surface area contributed by atoms with Crippen molar-refractivity contribution in [3.8, 4) is 0 Å². The monoisotopic (exact) mass is 268 g/mol. The first-order chi connectivity index (χ1) is 8.54. The summed E-state index contributed by atoms with van der Waals surface area (Å²) < 4.78 is 0. The van der Waals surface area contributed by atoms with E-state index in [1.807, 2.05) is 25.1 Å². The van der Waals surface area contributed by atoms with Gasteiger partial charge < -0.3 is 10.2 Å². The van der Waals surface area contributed by atoms with Gasteiger partial charge in [-0.1, -0.05) is 37.8 Å². The van der Waals surface area contributed by atoms with Crippen LogP contribution in [0.15, 0.2) is 18.2 Å². The van der Waals surface area contributed by atoms with Crippen LogP contribution < -0.4 is 10.2 Å². The number of hydrogen-bond acceptors (Lipinski definition) is 2. The summed E-state index contributed by atoms with van der Waals surface area (Å²) in [5.41, 5.74) is 2.16. The lowest BCUT2D eigenvalue weighted by Crippen LogP contribution is -2.15. The Balaban J connectivity index is 2.55. The van der Waals surface area contributed by atoms with Gasteiger partial charge in [0.15, 0.2) is 0 Å². The maximum Gasteiger partial charge on any atom is 0.0659 e. The second-order valence-electron chi connectivity index (χ2n) is 5.10. The summed E-state index contributed by atoms with van der Waals surface area (Å²) in [5, 5.41) is 4.30. The van der Waals surface area contributed by atoms with Crippen molar-refractivity contribution in [1.29, 1.82) is 0 Å². The van der Waals surface area contributed by atoms with Crippen LogP contribution in [0.3, 0.4) is 0 Å². The number of nitrogens with one attached hydrogen (secondary N) is 1. The Kier molecular flexibility index (Phi) is 6.34. The van der Waals surface area contributed by atoms with Gasteiger partial charge in [-0.05, 0) is 31.5 Å². The van der Waals surface area contributed by atoms with E-state index < -0.39 is 0 Å². The molecule has 0 aliphatic rings. The van der Waals surface area contributed by atoms with Crippen molar-refractivity contribution in [3.05, 3.63) is 23.2 Å². The molecule has 0 radical (unpaired) electrons. The molecule has 1 unspecified atom stereocenters. The highest BCUT2D eigenvalue weighted by Crippen LogP contribution is 2.27. The topological polar surface area (TPSA) is 15.3 Å². The summed E-state index contributed by atoms with van der Waals surface area (Å²) in [7, 11) is 4.00. The molecule has 0 aliphatic carbocycles. The first-order valence-electron chi connectivity index (χ1n) is 6.78. The number of unbranched alkanes of at least 4 members (excludes halogenated alkanes) is 2. The summed E-state index contributed by atoms with van der Waals surface area (Å²) in [5.74, 6) is 0. The molecule has 1 N–H and O–H groups in total. The molecule has 3 heteroatoms. The fourth-order valence-electron chi connectivity index (χ4n) is 2.02. The summed E-state index contributed by atoms with van der Waals surface area (Å²) in [6, 6.07) is 6.66. The third kappa shape index (κ3) is 4.77. The number of anilines is 2. The standard InChI is InChI=1S/C15H25ClN2/c1-5-6-7-8-12(2)17-13-9-10-15(18(3)4)14(16)11-13/h9-12,17H,5-8H2,1-4H3. The van der Waals surface area contributed by atoms with Gasteiger partial charge in [-0.25, -0.2) is 0 Å². The molecule has 0 fully saturated rings. The average molecular weight is 269 g/mol. The van der Waals surface area contributed by atoms with Crippen LogP contribution in [0.1, 0.15) is 39.5 Å². The molecule has 1 atom stereocenters. The van der Waals surface area contributed by atoms with Crippen molar-refractivity contribution in [1.82, 2.24) is 0 Å². The number of hydrogen-bond donors (Lipinski definition) is 1. The SMILES string of the molecule is CCCCCC(C)Nc1ccc(N(C)C)c(Cl)c1. The lowest BCUT2D eigenvalue weighted by atomic mass is 10.1. The third-order valence-corrected chi connectivity index (χ3v) is 3.39. The Hall–Kier alpha value is -0.890. The molecular weight excluding hydrogens is 244 g/mol. The maximum atomic E-state index is 6.25. The molecule has 1 rings (SSSR count). The third-order valence-electron chi connectivity index (χ3n) is 3.08. The van der Waals surface area contributed by atoms with E-state index in [1.54, 1.807) is 0 Å². The average Bonchev–Trinajstić information content (AvgIpc) is 2.28. The Labute approximate surface area is 116 Å². The van der Waals surface area contributed by atoms with Gasteiger partial charge >= 0.3 is 0 Å². The van der Waals surface area contributed by atoms with Crippen LogP contribution in [0.2, 0.25) is 5.02 Å². The molecule has 0 saturated heterocycles. The molecule has 1 aromatic carbocycles. The number of rotatable bonds is 7. The highest BCUT2D eigenvalue weighted by Gasteiger charge is 2.06. The van der Waals surface area contributed by atoms with Crippen molar-refractivity contribution in [3.63, 3.8) is 0 Å². The van der Waals surface area contributed by atoms with Crippen LogP contribution in [0.4, 0.5) is 11.4 Å². The van der Waals surface area contributed by atoms with Crippen molar-refractivity contribution in [2.45, 2.75) is 45.6 Å². The van der Waals surface area contributed by atoms with E-state index >= 15 is 0 Å². The first-order valence-corrected chi connectivity index (χ1v) is 7.15. The highest BCUT2D eigenvalue weighted by molar-refractivity contribution is 6.33. The molecule has 0 saturated carbocycles. The molecule has 18 heavy (non-hydrogen) atoms. The minimum absolute atomic E-state index is 0.498. The normalized spacial score (nSPS) is 12.3. The zero-order chi connectivity index (χ0) is 13.5. The molecule has 2 nitrogen and oxygen atoms in total. The van der Waals surface area contributed by atoms with E-state index in [1.165, 1.54) is 25.7 Å². The lowest BCUT2D eigenvalue weighted by Gasteiger charge is -2.18. The van der Waals surface area contributed by atoms with Crippen molar-refractivity contribution in [2.24, 2.45) is 0 Å². The fraction of sp³-hybridized carbons (Fsp3) is 0.600. The van der Waals surface area contributed by atoms with Crippen molar-refractivity contribution in [2.75, 3.05) is 24.3 Å². The second-order valence-corrected chi connectivity index (χ2v) is 5.51. The van der Waals surface area contributed by atoms with Crippen molar-refractivity contribution >= 4 is 23.0 Å². The molecule has 0 aliphatic heterocycles. The number of benzene rings is 1. The lowest BCUT2D eigenvalue weighted by molar-refractivity contribution is 0.615. The van der Waals surface area contributed by atoms with Crippen LogP contribution in [-0.2, 0) is 0 Å². The zero-order valence-electron chi connectivity index (χ0n) is 12.0. The molecular formula is C15H25ClN2. The predicted octanol–water partition coefficient (Wildman–Crippen LogP) is 4.79. The summed E-state index contributed by atoms with van der Waals surface area (Å²) in [6.45, 7) is 4.46. The number of nitrogens with zero attached hydrogens (tertiary/aromatic N) is 1. The van der Waals surface area contributed by atoms with Gasteiger partial charge in [0.25, 0.3) is 0 Å². The van der Waals surface area contributed by atoms with E-state index in [2.05, 4.69) is 31.3 Å². The van der Waals surface area contributed by atoms with Crippen LogP contribution in [0.25, 0.3) is 0 Å². The summed E-state index contributed by atoms with van der Waals surface area (Å²) >= 11 is 6.25. The zero-order valence-corrected chi connectivity index (χ0v) is 12.7. The Morgan fingerprint density at radius 3 is 2.56 bits per heavy atom. The first kappa shape index (κ1) is 15.2. The minimum Gasteiger partial charge on any atom is -0.383 e.